The zero-order valence-corrected chi connectivity index (χ0v) is 16.9. The van der Waals surface area contributed by atoms with E-state index in [0.717, 1.165) is 11.3 Å². The average Bonchev–Trinajstić information content (AvgIpc) is 3.07. The maximum Gasteiger partial charge on any atom is 0.257 e. The standard InChI is InChI=1S/C21H28N4O3/c1-14-6-8-15(9-7-14)25-12-16(17(23-25)20(2,3)4)18(26)24-11-5-10-21(28,13-24)19(22)27/h6-9,12,28H,5,10-11,13H2,1-4H3,(H2,22,27). The van der Waals surface area contributed by atoms with E-state index in [-0.39, 0.29) is 24.3 Å². The first-order valence-corrected chi connectivity index (χ1v) is 9.50. The molecule has 2 amide bonds. The highest BCUT2D eigenvalue weighted by molar-refractivity contribution is 5.96. The van der Waals surface area contributed by atoms with Gasteiger partial charge < -0.3 is 15.7 Å². The van der Waals surface area contributed by atoms with Crippen LogP contribution in [-0.2, 0) is 10.2 Å². The molecule has 0 bridgehead atoms. The van der Waals surface area contributed by atoms with Crippen molar-refractivity contribution in [3.05, 3.63) is 47.3 Å². The molecular weight excluding hydrogens is 356 g/mol. The summed E-state index contributed by atoms with van der Waals surface area (Å²) in [5, 5.41) is 15.1. The van der Waals surface area contributed by atoms with Crippen molar-refractivity contribution in [2.45, 2.75) is 51.6 Å². The van der Waals surface area contributed by atoms with E-state index in [1.807, 2.05) is 52.0 Å². The fourth-order valence-corrected chi connectivity index (χ4v) is 3.50. The third kappa shape index (κ3) is 3.80. The van der Waals surface area contributed by atoms with E-state index >= 15 is 0 Å². The van der Waals surface area contributed by atoms with Gasteiger partial charge in [0.25, 0.3) is 11.8 Å². The number of aliphatic hydroxyl groups is 1. The average molecular weight is 384 g/mol. The summed E-state index contributed by atoms with van der Waals surface area (Å²) in [6.45, 7) is 8.39. The Hall–Kier alpha value is -2.67. The van der Waals surface area contributed by atoms with E-state index in [1.165, 1.54) is 4.90 Å². The zero-order chi connectivity index (χ0) is 20.7. The molecule has 1 atom stereocenters. The van der Waals surface area contributed by atoms with Gasteiger partial charge >= 0.3 is 0 Å². The Labute approximate surface area is 165 Å². The molecule has 0 spiro atoms. The molecule has 1 aliphatic heterocycles. The molecule has 1 saturated heterocycles. The lowest BCUT2D eigenvalue weighted by Gasteiger charge is -2.37. The van der Waals surface area contributed by atoms with Crippen LogP contribution in [-0.4, -0.2) is 50.3 Å². The first kappa shape index (κ1) is 20.1. The van der Waals surface area contributed by atoms with Crippen LogP contribution in [0.3, 0.4) is 0 Å². The van der Waals surface area contributed by atoms with Crippen LogP contribution in [0.2, 0.25) is 0 Å². The lowest BCUT2D eigenvalue weighted by Crippen LogP contribution is -2.57. The van der Waals surface area contributed by atoms with Gasteiger partial charge in [0.05, 0.1) is 23.5 Å². The summed E-state index contributed by atoms with van der Waals surface area (Å²) >= 11 is 0. The molecule has 1 aromatic carbocycles. The summed E-state index contributed by atoms with van der Waals surface area (Å²) in [6, 6.07) is 7.89. The smallest absolute Gasteiger partial charge is 0.257 e. The molecule has 0 radical (unpaired) electrons. The first-order valence-electron chi connectivity index (χ1n) is 9.50. The zero-order valence-electron chi connectivity index (χ0n) is 16.9. The highest BCUT2D eigenvalue weighted by Crippen LogP contribution is 2.29. The van der Waals surface area contributed by atoms with Gasteiger partial charge in [0, 0.05) is 18.2 Å². The molecule has 2 heterocycles. The molecule has 1 aromatic heterocycles. The van der Waals surface area contributed by atoms with Gasteiger partial charge in [-0.3, -0.25) is 9.59 Å². The van der Waals surface area contributed by atoms with Crippen molar-refractivity contribution in [3.63, 3.8) is 0 Å². The highest BCUT2D eigenvalue weighted by atomic mass is 16.3. The maximum absolute atomic E-state index is 13.3. The number of benzene rings is 1. The minimum absolute atomic E-state index is 0.0968. The Bertz CT molecular complexity index is 895. The van der Waals surface area contributed by atoms with Crippen molar-refractivity contribution in [3.8, 4) is 5.69 Å². The molecule has 3 N–H and O–H groups in total. The summed E-state index contributed by atoms with van der Waals surface area (Å²) < 4.78 is 1.71. The van der Waals surface area contributed by atoms with Gasteiger partial charge in [-0.15, -0.1) is 0 Å². The quantitative estimate of drug-likeness (QED) is 0.844. The van der Waals surface area contributed by atoms with Crippen LogP contribution in [0.15, 0.2) is 30.5 Å². The number of carbonyl (C=O) groups excluding carboxylic acids is 2. The SMILES string of the molecule is Cc1ccc(-n2cc(C(=O)N3CCCC(O)(C(N)=O)C3)c(C(C)(C)C)n2)cc1. The third-order valence-electron chi connectivity index (χ3n) is 5.17. The number of primary amides is 1. The Morgan fingerprint density at radius 1 is 1.21 bits per heavy atom. The topological polar surface area (TPSA) is 101 Å². The van der Waals surface area contributed by atoms with Gasteiger partial charge in [0.2, 0.25) is 0 Å². The molecule has 1 unspecified atom stereocenters. The van der Waals surface area contributed by atoms with Gasteiger partial charge in [-0.25, -0.2) is 4.68 Å². The number of nitrogens with two attached hydrogens (primary N) is 1. The van der Waals surface area contributed by atoms with Gasteiger partial charge in [-0.05, 0) is 31.9 Å². The number of hydrogen-bond acceptors (Lipinski definition) is 4. The highest BCUT2D eigenvalue weighted by Gasteiger charge is 2.41. The maximum atomic E-state index is 13.3. The minimum atomic E-state index is -1.68. The molecule has 1 aliphatic rings. The normalized spacial score (nSPS) is 20.2. The van der Waals surface area contributed by atoms with Crippen LogP contribution in [0.25, 0.3) is 5.69 Å². The van der Waals surface area contributed by atoms with E-state index in [4.69, 9.17) is 5.73 Å². The van der Waals surface area contributed by atoms with Crippen LogP contribution in [0, 0.1) is 6.92 Å². The van der Waals surface area contributed by atoms with E-state index in [1.54, 1.807) is 10.9 Å². The predicted molar refractivity (Wildman–Crippen MR) is 106 cm³/mol. The number of likely N-dealkylation sites (tertiary alicyclic amines) is 1. The molecule has 2 aromatic rings. The lowest BCUT2D eigenvalue weighted by atomic mass is 9.88. The molecule has 7 nitrogen and oxygen atoms in total. The summed E-state index contributed by atoms with van der Waals surface area (Å²) in [5.74, 6) is -1.04. The Kier molecular flexibility index (Phi) is 5.06. The molecule has 3 rings (SSSR count). The van der Waals surface area contributed by atoms with Crippen molar-refractivity contribution in [2.24, 2.45) is 5.73 Å². The molecule has 0 aliphatic carbocycles. The van der Waals surface area contributed by atoms with Crippen LogP contribution >= 0.6 is 0 Å². The number of hydrogen-bond donors (Lipinski definition) is 2. The fraction of sp³-hybridized carbons (Fsp3) is 0.476. The second-order valence-corrected chi connectivity index (χ2v) is 8.65. The van der Waals surface area contributed by atoms with Crippen molar-refractivity contribution in [1.29, 1.82) is 0 Å². The van der Waals surface area contributed by atoms with Gasteiger partial charge in [0.1, 0.15) is 0 Å². The van der Waals surface area contributed by atoms with Crippen LogP contribution in [0.1, 0.15) is 55.2 Å². The Morgan fingerprint density at radius 2 is 1.86 bits per heavy atom. The number of piperidine rings is 1. The number of aromatic nitrogens is 2. The van der Waals surface area contributed by atoms with Gasteiger partial charge in [-0.2, -0.15) is 5.10 Å². The summed E-state index contributed by atoms with van der Waals surface area (Å²) in [6.07, 6.45) is 2.51. The summed E-state index contributed by atoms with van der Waals surface area (Å²) in [7, 11) is 0. The van der Waals surface area contributed by atoms with Gasteiger partial charge in [-0.1, -0.05) is 38.5 Å². The molecular formula is C21H28N4O3. The van der Waals surface area contributed by atoms with Gasteiger partial charge in [0.15, 0.2) is 5.60 Å². The molecule has 150 valence electrons. The number of rotatable bonds is 3. The monoisotopic (exact) mass is 384 g/mol. The summed E-state index contributed by atoms with van der Waals surface area (Å²) in [5.41, 5.74) is 6.47. The molecule has 7 heteroatoms. The van der Waals surface area contributed by atoms with E-state index in [0.29, 0.717) is 24.2 Å². The van der Waals surface area contributed by atoms with Crippen molar-refractivity contribution < 1.29 is 14.7 Å². The summed E-state index contributed by atoms with van der Waals surface area (Å²) in [4.78, 5) is 26.4. The predicted octanol–water partition coefficient (Wildman–Crippen LogP) is 1.93. The van der Waals surface area contributed by atoms with Crippen LogP contribution < -0.4 is 5.73 Å². The minimum Gasteiger partial charge on any atom is -0.378 e. The van der Waals surface area contributed by atoms with Crippen LogP contribution in [0.4, 0.5) is 0 Å². The second-order valence-electron chi connectivity index (χ2n) is 8.65. The number of nitrogens with zero attached hydrogens (tertiary/aromatic N) is 3. The molecule has 28 heavy (non-hydrogen) atoms. The number of aryl methyl sites for hydroxylation is 1. The largest absolute Gasteiger partial charge is 0.378 e. The lowest BCUT2D eigenvalue weighted by molar-refractivity contribution is -0.140. The van der Waals surface area contributed by atoms with Crippen LogP contribution in [0.5, 0.6) is 0 Å². The molecule has 1 fully saturated rings. The fourth-order valence-electron chi connectivity index (χ4n) is 3.50. The van der Waals surface area contributed by atoms with Crippen molar-refractivity contribution in [1.82, 2.24) is 14.7 Å². The van der Waals surface area contributed by atoms with Crippen molar-refractivity contribution >= 4 is 11.8 Å². The number of amides is 2. The van der Waals surface area contributed by atoms with E-state index in [2.05, 4.69) is 5.10 Å². The first-order chi connectivity index (χ1) is 13.0. The Balaban J connectivity index is 1.99. The molecule has 0 saturated carbocycles. The van der Waals surface area contributed by atoms with E-state index < -0.39 is 11.5 Å². The number of β-amino-alcohol motifs (C(OH)–C–C–N with tert-alkyl or cyclic N) is 1. The third-order valence-corrected chi connectivity index (χ3v) is 5.17. The van der Waals surface area contributed by atoms with Crippen molar-refractivity contribution in [2.75, 3.05) is 13.1 Å². The second kappa shape index (κ2) is 7.05. The Morgan fingerprint density at radius 3 is 2.43 bits per heavy atom. The van der Waals surface area contributed by atoms with E-state index in [9.17, 15) is 14.7 Å². The number of carbonyl (C=O) groups is 2.